The number of piperazine rings is 1. The molecule has 8 heteroatoms. The fourth-order valence-electron chi connectivity index (χ4n) is 4.99. The van der Waals surface area contributed by atoms with E-state index < -0.39 is 0 Å². The molecule has 5 rings (SSSR count). The van der Waals surface area contributed by atoms with Gasteiger partial charge in [0.25, 0.3) is 5.91 Å². The molecule has 2 aromatic rings. The lowest BCUT2D eigenvalue weighted by atomic mass is 10.0. The number of amides is 1. The summed E-state index contributed by atoms with van der Waals surface area (Å²) in [6, 6.07) is 8.57. The zero-order valence-corrected chi connectivity index (χ0v) is 18.4. The van der Waals surface area contributed by atoms with Crippen LogP contribution in [0.15, 0.2) is 24.3 Å². The van der Waals surface area contributed by atoms with Crippen LogP contribution in [-0.4, -0.2) is 82.5 Å². The van der Waals surface area contributed by atoms with Crippen molar-refractivity contribution in [1.29, 1.82) is 0 Å². The third-order valence-corrected chi connectivity index (χ3v) is 6.67. The summed E-state index contributed by atoms with van der Waals surface area (Å²) in [6.45, 7) is 9.00. The third kappa shape index (κ3) is 4.27. The fraction of sp³-hybridized carbons (Fsp3) is 0.565. The summed E-state index contributed by atoms with van der Waals surface area (Å²) in [7, 11) is 1.85. The molecule has 2 saturated heterocycles. The first-order valence-corrected chi connectivity index (χ1v) is 11.2. The largest absolute Gasteiger partial charge is 0.454 e. The summed E-state index contributed by atoms with van der Waals surface area (Å²) in [6.07, 6.45) is 2.22. The quantitative estimate of drug-likeness (QED) is 0.746. The number of carbonyl (C=O) groups excluding carboxylic acids is 1. The molecule has 0 spiro atoms. The molecular formula is C23H31N5O3. The minimum absolute atomic E-state index is 0.106. The molecule has 0 aliphatic carbocycles. The van der Waals surface area contributed by atoms with Crippen molar-refractivity contribution in [1.82, 2.24) is 24.5 Å². The van der Waals surface area contributed by atoms with Gasteiger partial charge in [-0.15, -0.1) is 0 Å². The lowest BCUT2D eigenvalue weighted by Crippen LogP contribution is -2.55. The summed E-state index contributed by atoms with van der Waals surface area (Å²) in [5, 5.41) is 4.34. The van der Waals surface area contributed by atoms with Gasteiger partial charge in [-0.25, -0.2) is 0 Å². The summed E-state index contributed by atoms with van der Waals surface area (Å²) >= 11 is 0. The smallest absolute Gasteiger partial charge is 0.272 e. The molecule has 0 saturated carbocycles. The molecular weight excluding hydrogens is 394 g/mol. The van der Waals surface area contributed by atoms with Gasteiger partial charge in [0.05, 0.1) is 5.69 Å². The third-order valence-electron chi connectivity index (χ3n) is 6.67. The monoisotopic (exact) mass is 425 g/mol. The van der Waals surface area contributed by atoms with Gasteiger partial charge in [-0.2, -0.15) is 5.10 Å². The summed E-state index contributed by atoms with van der Waals surface area (Å²) < 4.78 is 12.6. The van der Waals surface area contributed by atoms with E-state index in [9.17, 15) is 4.79 Å². The Morgan fingerprint density at radius 2 is 1.90 bits per heavy atom. The van der Waals surface area contributed by atoms with Crippen LogP contribution >= 0.6 is 0 Å². The van der Waals surface area contributed by atoms with Crippen LogP contribution in [-0.2, 0) is 13.6 Å². The lowest BCUT2D eigenvalue weighted by Gasteiger charge is -2.43. The molecule has 0 radical (unpaired) electrons. The Kier molecular flexibility index (Phi) is 5.58. The number of nitrogens with zero attached hydrogens (tertiary/aromatic N) is 5. The second-order valence-corrected chi connectivity index (χ2v) is 8.84. The van der Waals surface area contributed by atoms with Crippen molar-refractivity contribution in [3.8, 4) is 11.5 Å². The van der Waals surface area contributed by atoms with Crippen molar-refractivity contribution in [2.75, 3.05) is 46.1 Å². The second kappa shape index (κ2) is 8.51. The Morgan fingerprint density at radius 3 is 2.68 bits per heavy atom. The van der Waals surface area contributed by atoms with Gasteiger partial charge in [-0.05, 0) is 43.5 Å². The number of piperidine rings is 1. The van der Waals surface area contributed by atoms with Crippen molar-refractivity contribution in [3.63, 3.8) is 0 Å². The zero-order chi connectivity index (χ0) is 21.4. The van der Waals surface area contributed by atoms with E-state index >= 15 is 0 Å². The highest BCUT2D eigenvalue weighted by atomic mass is 16.7. The van der Waals surface area contributed by atoms with Crippen molar-refractivity contribution in [2.24, 2.45) is 7.05 Å². The first-order valence-electron chi connectivity index (χ1n) is 11.2. The normalized spacial score (nSPS) is 22.1. The van der Waals surface area contributed by atoms with Gasteiger partial charge in [0.1, 0.15) is 5.69 Å². The van der Waals surface area contributed by atoms with Crippen LogP contribution in [0.2, 0.25) is 0 Å². The molecule has 1 aromatic carbocycles. The van der Waals surface area contributed by atoms with E-state index in [0.717, 1.165) is 75.8 Å². The number of hydrogen-bond acceptors (Lipinski definition) is 6. The molecule has 1 amide bonds. The Balaban J connectivity index is 1.15. The van der Waals surface area contributed by atoms with E-state index in [1.54, 1.807) is 4.68 Å². The minimum Gasteiger partial charge on any atom is -0.454 e. The van der Waals surface area contributed by atoms with Crippen molar-refractivity contribution < 1.29 is 14.3 Å². The second-order valence-electron chi connectivity index (χ2n) is 8.84. The molecule has 0 unspecified atom stereocenters. The Hall–Kier alpha value is -2.58. The number of likely N-dealkylation sites (tertiary alicyclic amines) is 1. The number of ether oxygens (including phenoxy) is 2. The van der Waals surface area contributed by atoms with E-state index in [4.69, 9.17) is 9.47 Å². The number of aromatic nitrogens is 2. The maximum Gasteiger partial charge on any atom is 0.272 e. The topological polar surface area (TPSA) is 63.1 Å². The highest BCUT2D eigenvalue weighted by Gasteiger charge is 2.31. The molecule has 4 heterocycles. The molecule has 1 atom stereocenters. The maximum absolute atomic E-state index is 13.0. The van der Waals surface area contributed by atoms with Crippen LogP contribution in [0.1, 0.15) is 34.6 Å². The van der Waals surface area contributed by atoms with E-state index in [1.165, 1.54) is 5.56 Å². The molecule has 0 N–H and O–H groups in total. The van der Waals surface area contributed by atoms with Gasteiger partial charge in [-0.1, -0.05) is 6.07 Å². The Labute approximate surface area is 183 Å². The first kappa shape index (κ1) is 20.3. The van der Waals surface area contributed by atoms with Gasteiger partial charge in [-0.3, -0.25) is 19.3 Å². The number of benzene rings is 1. The number of fused-ring (bicyclic) bond motifs is 1. The van der Waals surface area contributed by atoms with Gasteiger partial charge in [0.2, 0.25) is 6.79 Å². The number of carbonyl (C=O) groups is 1. The van der Waals surface area contributed by atoms with E-state index in [2.05, 4.69) is 27.0 Å². The first-order chi connectivity index (χ1) is 15.1. The molecule has 3 aliphatic heterocycles. The minimum atomic E-state index is 0.106. The SMILES string of the molecule is Cc1cc(C(=O)N2CCC[C@@H](N3CCN(Cc4ccc5c(c4)OCO5)CC3)C2)n(C)n1. The van der Waals surface area contributed by atoms with Crippen LogP contribution in [0.5, 0.6) is 11.5 Å². The number of hydrogen-bond donors (Lipinski definition) is 0. The average Bonchev–Trinajstić information content (AvgIpc) is 3.39. The van der Waals surface area contributed by atoms with Crippen molar-refractivity contribution in [2.45, 2.75) is 32.4 Å². The Bertz CT molecular complexity index is 951. The van der Waals surface area contributed by atoms with Crippen molar-refractivity contribution >= 4 is 5.91 Å². The molecule has 8 nitrogen and oxygen atoms in total. The van der Waals surface area contributed by atoms with E-state index in [0.29, 0.717) is 18.5 Å². The van der Waals surface area contributed by atoms with Crippen LogP contribution in [0.4, 0.5) is 0 Å². The average molecular weight is 426 g/mol. The molecule has 166 valence electrons. The van der Waals surface area contributed by atoms with Gasteiger partial charge >= 0.3 is 0 Å². The highest BCUT2D eigenvalue weighted by molar-refractivity contribution is 5.92. The van der Waals surface area contributed by atoms with Gasteiger partial charge < -0.3 is 14.4 Å². The van der Waals surface area contributed by atoms with Crippen LogP contribution in [0.3, 0.4) is 0 Å². The number of rotatable bonds is 4. The summed E-state index contributed by atoms with van der Waals surface area (Å²) in [5.74, 6) is 1.80. The lowest BCUT2D eigenvalue weighted by molar-refractivity contribution is 0.0401. The highest BCUT2D eigenvalue weighted by Crippen LogP contribution is 2.33. The summed E-state index contributed by atoms with van der Waals surface area (Å²) in [5.41, 5.74) is 2.84. The predicted molar refractivity (Wildman–Crippen MR) is 116 cm³/mol. The van der Waals surface area contributed by atoms with E-state index in [-0.39, 0.29) is 5.91 Å². The van der Waals surface area contributed by atoms with Crippen LogP contribution in [0.25, 0.3) is 0 Å². The molecule has 3 aliphatic rings. The van der Waals surface area contributed by atoms with Crippen molar-refractivity contribution in [3.05, 3.63) is 41.2 Å². The molecule has 0 bridgehead atoms. The number of aryl methyl sites for hydroxylation is 2. The fourth-order valence-corrected chi connectivity index (χ4v) is 4.99. The maximum atomic E-state index is 13.0. The molecule has 31 heavy (non-hydrogen) atoms. The molecule has 1 aromatic heterocycles. The Morgan fingerprint density at radius 1 is 1.10 bits per heavy atom. The molecule has 2 fully saturated rings. The van der Waals surface area contributed by atoms with Gasteiger partial charge in [0.15, 0.2) is 11.5 Å². The van der Waals surface area contributed by atoms with E-state index in [1.807, 2.05) is 31.0 Å². The summed E-state index contributed by atoms with van der Waals surface area (Å²) in [4.78, 5) is 20.1. The zero-order valence-electron chi connectivity index (χ0n) is 18.4. The van der Waals surface area contributed by atoms with Crippen LogP contribution in [0, 0.1) is 6.92 Å². The standard InChI is InChI=1S/C23H31N5O3/c1-17-12-20(25(2)24-17)23(29)28-7-3-4-19(15-28)27-10-8-26(9-11-27)14-18-5-6-21-22(13-18)31-16-30-21/h5-6,12-13,19H,3-4,7-11,14-16H2,1-2H3/t19-/m1/s1. The predicted octanol–water partition coefficient (Wildman–Crippen LogP) is 1.88. The van der Waals surface area contributed by atoms with Crippen LogP contribution < -0.4 is 9.47 Å². The van der Waals surface area contributed by atoms with Gasteiger partial charge in [0, 0.05) is 58.9 Å².